The van der Waals surface area contributed by atoms with Crippen molar-refractivity contribution >= 4 is 15.8 Å². The van der Waals surface area contributed by atoms with Gasteiger partial charge < -0.3 is 10.6 Å². The van der Waals surface area contributed by atoms with E-state index in [1.165, 1.54) is 24.6 Å². The van der Waals surface area contributed by atoms with Crippen molar-refractivity contribution in [2.45, 2.75) is 17.9 Å². The van der Waals surface area contributed by atoms with Gasteiger partial charge in [0.25, 0.3) is 0 Å². The molecule has 2 heterocycles. The lowest BCUT2D eigenvalue weighted by molar-refractivity contribution is 0.520. The average molecular weight is 284 g/mol. The number of hydrogen-bond donors (Lipinski definition) is 1. The van der Waals surface area contributed by atoms with Crippen LogP contribution < -0.4 is 10.6 Å². The quantitative estimate of drug-likeness (QED) is 0.852. The van der Waals surface area contributed by atoms with Gasteiger partial charge in [-0.1, -0.05) is 6.92 Å². The molecule has 1 saturated heterocycles. The Kier molecular flexibility index (Phi) is 3.80. The van der Waals surface area contributed by atoms with Crippen LogP contribution in [0.15, 0.2) is 23.2 Å². The minimum atomic E-state index is -3.41. The zero-order valence-corrected chi connectivity index (χ0v) is 12.3. The largest absolute Gasteiger partial charge is 0.355 e. The molecule has 7 heteroatoms. The van der Waals surface area contributed by atoms with Crippen LogP contribution in [0, 0.1) is 5.92 Å². The van der Waals surface area contributed by atoms with Crippen molar-refractivity contribution in [2.75, 3.05) is 32.1 Å². The maximum atomic E-state index is 11.9. The van der Waals surface area contributed by atoms with Gasteiger partial charge in [0.15, 0.2) is 0 Å². The summed E-state index contributed by atoms with van der Waals surface area (Å²) in [7, 11) is -0.402. The summed E-state index contributed by atoms with van der Waals surface area (Å²) in [6.07, 6.45) is 1.40. The first kappa shape index (κ1) is 14.2. The Morgan fingerprint density at radius 2 is 2.05 bits per heavy atom. The van der Waals surface area contributed by atoms with Gasteiger partial charge in [-0.15, -0.1) is 0 Å². The zero-order chi connectivity index (χ0) is 14.2. The molecule has 2 N–H and O–H groups in total. The van der Waals surface area contributed by atoms with Gasteiger partial charge in [0.2, 0.25) is 10.0 Å². The molecule has 0 aromatic carbocycles. The number of nitrogens with zero attached hydrogens (tertiary/aromatic N) is 3. The Bertz CT molecular complexity index is 531. The second-order valence-corrected chi connectivity index (χ2v) is 7.34. The third kappa shape index (κ3) is 2.72. The van der Waals surface area contributed by atoms with Crippen molar-refractivity contribution in [1.82, 2.24) is 9.29 Å². The molecule has 2 unspecified atom stereocenters. The van der Waals surface area contributed by atoms with Crippen LogP contribution in [0.25, 0.3) is 0 Å². The molecule has 0 radical (unpaired) electrons. The first-order valence-electron chi connectivity index (χ1n) is 6.21. The summed E-state index contributed by atoms with van der Waals surface area (Å²) >= 11 is 0. The predicted molar refractivity (Wildman–Crippen MR) is 74.5 cm³/mol. The molecule has 106 valence electrons. The summed E-state index contributed by atoms with van der Waals surface area (Å²) in [6, 6.07) is 3.47. The smallest absolute Gasteiger partial charge is 0.244 e. The molecule has 1 aliphatic heterocycles. The third-order valence-corrected chi connectivity index (χ3v) is 5.29. The number of anilines is 1. The molecule has 0 amide bonds. The Morgan fingerprint density at radius 1 is 1.37 bits per heavy atom. The zero-order valence-electron chi connectivity index (χ0n) is 11.4. The predicted octanol–water partition coefficient (Wildman–Crippen LogP) is 0.115. The second kappa shape index (κ2) is 5.07. The molecule has 1 aromatic heterocycles. The highest BCUT2D eigenvalue weighted by molar-refractivity contribution is 7.89. The SMILES string of the molecule is CC1CN(c2ccc(S(=O)(=O)N(C)C)cn2)CC1N. The molecule has 0 bridgehead atoms. The van der Waals surface area contributed by atoms with Gasteiger partial charge in [0.1, 0.15) is 10.7 Å². The van der Waals surface area contributed by atoms with Crippen molar-refractivity contribution in [1.29, 1.82) is 0 Å². The van der Waals surface area contributed by atoms with E-state index in [0.717, 1.165) is 18.9 Å². The lowest BCUT2D eigenvalue weighted by Crippen LogP contribution is -2.28. The van der Waals surface area contributed by atoms with E-state index in [-0.39, 0.29) is 10.9 Å². The van der Waals surface area contributed by atoms with Gasteiger partial charge in [-0.25, -0.2) is 17.7 Å². The molecule has 6 nitrogen and oxygen atoms in total. The number of hydrogen-bond acceptors (Lipinski definition) is 5. The molecule has 2 atom stereocenters. The molecular formula is C12H20N4O2S. The fourth-order valence-corrected chi connectivity index (χ4v) is 2.95. The Morgan fingerprint density at radius 3 is 2.47 bits per heavy atom. The lowest BCUT2D eigenvalue weighted by atomic mass is 10.1. The van der Waals surface area contributed by atoms with Crippen LogP contribution in [0.1, 0.15) is 6.92 Å². The normalized spacial score (nSPS) is 24.2. The number of rotatable bonds is 3. The van der Waals surface area contributed by atoms with Crippen LogP contribution >= 0.6 is 0 Å². The topological polar surface area (TPSA) is 79.5 Å². The van der Waals surface area contributed by atoms with Crippen molar-refractivity contribution in [2.24, 2.45) is 11.7 Å². The van der Waals surface area contributed by atoms with Crippen LogP contribution in [-0.4, -0.2) is 50.9 Å². The summed E-state index contributed by atoms with van der Waals surface area (Å²) in [5.41, 5.74) is 5.97. The first-order chi connectivity index (χ1) is 8.82. The van der Waals surface area contributed by atoms with Crippen LogP contribution in [-0.2, 0) is 10.0 Å². The summed E-state index contributed by atoms with van der Waals surface area (Å²) < 4.78 is 25.0. The highest BCUT2D eigenvalue weighted by Gasteiger charge is 2.27. The van der Waals surface area contributed by atoms with Gasteiger partial charge in [0.05, 0.1) is 0 Å². The summed E-state index contributed by atoms with van der Waals surface area (Å²) in [4.78, 5) is 6.53. The van der Waals surface area contributed by atoms with E-state index in [1.807, 2.05) is 0 Å². The number of sulfonamides is 1. The standard InChI is InChI=1S/C12H20N4O2S/c1-9-7-16(8-11(9)13)12-5-4-10(6-14-12)19(17,18)15(2)3/h4-6,9,11H,7-8,13H2,1-3H3. The summed E-state index contributed by atoms with van der Waals surface area (Å²) in [6.45, 7) is 3.72. The molecule has 19 heavy (non-hydrogen) atoms. The van der Waals surface area contributed by atoms with Gasteiger partial charge >= 0.3 is 0 Å². The van der Waals surface area contributed by atoms with Gasteiger partial charge in [-0.3, -0.25) is 0 Å². The monoisotopic (exact) mass is 284 g/mol. The minimum absolute atomic E-state index is 0.145. The molecule has 1 aliphatic rings. The number of nitrogens with two attached hydrogens (primary N) is 1. The second-order valence-electron chi connectivity index (χ2n) is 5.19. The van der Waals surface area contributed by atoms with E-state index >= 15 is 0 Å². The molecular weight excluding hydrogens is 264 g/mol. The Labute approximate surface area is 114 Å². The van der Waals surface area contributed by atoms with E-state index in [0.29, 0.717) is 5.92 Å². The van der Waals surface area contributed by atoms with E-state index in [4.69, 9.17) is 5.73 Å². The third-order valence-electron chi connectivity index (χ3n) is 3.49. The maximum Gasteiger partial charge on any atom is 0.244 e. The summed E-state index contributed by atoms with van der Waals surface area (Å²) in [5.74, 6) is 1.20. The Hall–Kier alpha value is -1.18. The van der Waals surface area contributed by atoms with E-state index < -0.39 is 10.0 Å². The summed E-state index contributed by atoms with van der Waals surface area (Å²) in [5, 5.41) is 0. The minimum Gasteiger partial charge on any atom is -0.355 e. The van der Waals surface area contributed by atoms with Crippen LogP contribution in [0.5, 0.6) is 0 Å². The van der Waals surface area contributed by atoms with Crippen LogP contribution in [0.4, 0.5) is 5.82 Å². The molecule has 0 saturated carbocycles. The lowest BCUT2D eigenvalue weighted by Gasteiger charge is -2.17. The fourth-order valence-electron chi connectivity index (χ4n) is 2.10. The van der Waals surface area contributed by atoms with Crippen molar-refractivity contribution < 1.29 is 8.42 Å². The van der Waals surface area contributed by atoms with Crippen LogP contribution in [0.2, 0.25) is 0 Å². The van der Waals surface area contributed by atoms with E-state index in [1.54, 1.807) is 12.1 Å². The highest BCUT2D eigenvalue weighted by Crippen LogP contribution is 2.22. The Balaban J connectivity index is 2.20. The van der Waals surface area contributed by atoms with Crippen LogP contribution in [0.3, 0.4) is 0 Å². The van der Waals surface area contributed by atoms with Gasteiger partial charge in [-0.05, 0) is 18.1 Å². The molecule has 0 spiro atoms. The van der Waals surface area contributed by atoms with E-state index in [2.05, 4.69) is 16.8 Å². The molecule has 2 rings (SSSR count). The van der Waals surface area contributed by atoms with Crippen molar-refractivity contribution in [3.8, 4) is 0 Å². The molecule has 1 aromatic rings. The highest BCUT2D eigenvalue weighted by atomic mass is 32.2. The molecule has 0 aliphatic carbocycles. The van der Waals surface area contributed by atoms with Gasteiger partial charge in [0, 0.05) is 39.4 Å². The number of aromatic nitrogens is 1. The number of pyridine rings is 1. The molecule has 1 fully saturated rings. The van der Waals surface area contributed by atoms with Crippen molar-refractivity contribution in [3.05, 3.63) is 18.3 Å². The first-order valence-corrected chi connectivity index (χ1v) is 7.65. The maximum absolute atomic E-state index is 11.9. The van der Waals surface area contributed by atoms with Crippen molar-refractivity contribution in [3.63, 3.8) is 0 Å². The fraction of sp³-hybridized carbons (Fsp3) is 0.583. The van der Waals surface area contributed by atoms with E-state index in [9.17, 15) is 8.42 Å². The van der Waals surface area contributed by atoms with Gasteiger partial charge in [-0.2, -0.15) is 0 Å². The average Bonchev–Trinajstić information content (AvgIpc) is 2.69.